The molecule has 2 aliphatic heterocycles. The van der Waals surface area contributed by atoms with Crippen LogP contribution in [-0.4, -0.2) is 52.9 Å². The van der Waals surface area contributed by atoms with E-state index in [9.17, 15) is 4.79 Å². The van der Waals surface area contributed by atoms with Crippen molar-refractivity contribution in [2.45, 2.75) is 31.7 Å². The summed E-state index contributed by atoms with van der Waals surface area (Å²) >= 11 is 1.40. The fourth-order valence-electron chi connectivity index (χ4n) is 3.04. The second kappa shape index (κ2) is 5.46. The Hall–Kier alpha value is -1.14. The fourth-order valence-corrected chi connectivity index (χ4v) is 3.61. The number of amides is 1. The fraction of sp³-hybridized carbons (Fsp3) is 0.692. The molecule has 1 unspecified atom stereocenters. The van der Waals surface area contributed by atoms with Crippen LogP contribution < -0.4 is 5.73 Å². The van der Waals surface area contributed by atoms with E-state index in [-0.39, 0.29) is 5.91 Å². The number of likely N-dealkylation sites (tertiary alicyclic amines) is 2. The Balaban J connectivity index is 1.53. The van der Waals surface area contributed by atoms with Gasteiger partial charge in [0.2, 0.25) is 5.91 Å². The van der Waals surface area contributed by atoms with Crippen LogP contribution in [0, 0.1) is 0 Å². The third-order valence-corrected chi connectivity index (χ3v) is 4.80. The van der Waals surface area contributed by atoms with Gasteiger partial charge >= 0.3 is 0 Å². The summed E-state index contributed by atoms with van der Waals surface area (Å²) in [5.41, 5.74) is 6.39. The van der Waals surface area contributed by atoms with Gasteiger partial charge in [-0.2, -0.15) is 0 Å². The van der Waals surface area contributed by atoms with Crippen molar-refractivity contribution in [3.05, 3.63) is 11.1 Å². The van der Waals surface area contributed by atoms with E-state index in [1.54, 1.807) is 0 Å². The molecule has 1 amide bonds. The van der Waals surface area contributed by atoms with E-state index in [1.165, 1.54) is 37.3 Å². The van der Waals surface area contributed by atoms with Crippen molar-refractivity contribution in [1.82, 2.24) is 14.8 Å². The highest BCUT2D eigenvalue weighted by atomic mass is 32.1. The van der Waals surface area contributed by atoms with Gasteiger partial charge < -0.3 is 10.6 Å². The summed E-state index contributed by atoms with van der Waals surface area (Å²) in [4.78, 5) is 20.9. The number of carbonyl (C=O) groups excluding carboxylic acids is 1. The first kappa shape index (κ1) is 12.9. The Morgan fingerprint density at radius 2 is 2.21 bits per heavy atom. The Kier molecular flexibility index (Phi) is 3.70. The highest BCUT2D eigenvalue weighted by Gasteiger charge is 2.31. The maximum Gasteiger partial charge on any atom is 0.228 e. The van der Waals surface area contributed by atoms with Crippen LogP contribution in [0.3, 0.4) is 0 Å². The molecule has 3 rings (SSSR count). The minimum atomic E-state index is 0.187. The number of thiazole rings is 1. The molecule has 0 bridgehead atoms. The molecule has 2 aliphatic rings. The zero-order valence-corrected chi connectivity index (χ0v) is 11.9. The van der Waals surface area contributed by atoms with Crippen molar-refractivity contribution in [1.29, 1.82) is 0 Å². The van der Waals surface area contributed by atoms with Gasteiger partial charge in [0.1, 0.15) is 0 Å². The summed E-state index contributed by atoms with van der Waals surface area (Å²) in [7, 11) is 0. The maximum absolute atomic E-state index is 12.2. The van der Waals surface area contributed by atoms with E-state index in [0.29, 0.717) is 17.6 Å². The quantitative estimate of drug-likeness (QED) is 0.896. The predicted molar refractivity (Wildman–Crippen MR) is 76.0 cm³/mol. The molecule has 104 valence electrons. The molecule has 1 aromatic rings. The lowest BCUT2D eigenvalue weighted by molar-refractivity contribution is -0.129. The van der Waals surface area contributed by atoms with Crippen molar-refractivity contribution in [2.24, 2.45) is 0 Å². The van der Waals surface area contributed by atoms with Gasteiger partial charge in [-0.25, -0.2) is 4.98 Å². The average Bonchev–Trinajstić information content (AvgIpc) is 3.08. The summed E-state index contributed by atoms with van der Waals surface area (Å²) in [6, 6.07) is 0.576. The first-order valence-corrected chi connectivity index (χ1v) is 7.82. The van der Waals surface area contributed by atoms with Gasteiger partial charge in [-0.05, 0) is 32.4 Å². The van der Waals surface area contributed by atoms with Crippen molar-refractivity contribution < 1.29 is 4.79 Å². The van der Waals surface area contributed by atoms with Crippen molar-refractivity contribution in [3.8, 4) is 0 Å². The van der Waals surface area contributed by atoms with Gasteiger partial charge in [-0.15, -0.1) is 11.3 Å². The average molecular weight is 280 g/mol. The molecular weight excluding hydrogens is 260 g/mol. The van der Waals surface area contributed by atoms with Crippen molar-refractivity contribution in [2.75, 3.05) is 31.9 Å². The third kappa shape index (κ3) is 2.90. The second-order valence-corrected chi connectivity index (χ2v) is 6.27. The molecule has 1 aromatic heterocycles. The third-order valence-electron chi connectivity index (χ3n) is 4.07. The molecule has 5 nitrogen and oxygen atoms in total. The van der Waals surface area contributed by atoms with Crippen LogP contribution in [0.5, 0.6) is 0 Å². The van der Waals surface area contributed by atoms with Crippen LogP contribution in [0.4, 0.5) is 5.13 Å². The molecule has 0 radical (unpaired) electrons. The number of nitrogen functional groups attached to an aromatic ring is 1. The minimum absolute atomic E-state index is 0.187. The number of nitrogens with two attached hydrogens (primary N) is 1. The molecule has 2 saturated heterocycles. The number of aromatic nitrogens is 1. The standard InChI is InChI=1S/C13H20N4OS/c14-13-15-10(9-19-13)7-12(18)17-6-3-11(8-17)16-4-1-2-5-16/h9,11H,1-8H2,(H2,14,15). The van der Waals surface area contributed by atoms with Gasteiger partial charge in [0.05, 0.1) is 12.1 Å². The summed E-state index contributed by atoms with van der Waals surface area (Å²) in [6.45, 7) is 4.18. The maximum atomic E-state index is 12.2. The van der Waals surface area contributed by atoms with E-state index < -0.39 is 0 Å². The SMILES string of the molecule is Nc1nc(CC(=O)N2CCC(N3CCCC3)C2)cs1. The summed E-state index contributed by atoms with van der Waals surface area (Å²) < 4.78 is 0. The molecule has 0 aliphatic carbocycles. The van der Waals surface area contributed by atoms with Crippen LogP contribution >= 0.6 is 11.3 Å². The summed E-state index contributed by atoms with van der Waals surface area (Å²) in [5.74, 6) is 0.187. The zero-order chi connectivity index (χ0) is 13.2. The second-order valence-electron chi connectivity index (χ2n) is 5.38. The van der Waals surface area contributed by atoms with E-state index in [4.69, 9.17) is 5.73 Å². The molecule has 3 heterocycles. The molecule has 0 aromatic carbocycles. The van der Waals surface area contributed by atoms with E-state index in [1.807, 2.05) is 10.3 Å². The Bertz CT molecular complexity index is 455. The topological polar surface area (TPSA) is 62.5 Å². The molecule has 1 atom stereocenters. The zero-order valence-electron chi connectivity index (χ0n) is 11.0. The molecule has 19 heavy (non-hydrogen) atoms. The molecule has 0 spiro atoms. The largest absolute Gasteiger partial charge is 0.375 e. The highest BCUT2D eigenvalue weighted by Crippen LogP contribution is 2.21. The van der Waals surface area contributed by atoms with Gasteiger partial charge in [0, 0.05) is 24.5 Å². The molecule has 0 saturated carbocycles. The first-order valence-electron chi connectivity index (χ1n) is 6.94. The number of nitrogens with zero attached hydrogens (tertiary/aromatic N) is 3. The van der Waals surface area contributed by atoms with Gasteiger partial charge in [0.25, 0.3) is 0 Å². The van der Waals surface area contributed by atoms with Gasteiger partial charge in [0.15, 0.2) is 5.13 Å². The number of hydrogen-bond acceptors (Lipinski definition) is 5. The number of anilines is 1. The molecule has 2 fully saturated rings. The number of hydrogen-bond donors (Lipinski definition) is 1. The Labute approximate surface area is 117 Å². The first-order chi connectivity index (χ1) is 9.22. The lowest BCUT2D eigenvalue weighted by Crippen LogP contribution is -2.37. The van der Waals surface area contributed by atoms with Crippen LogP contribution in [-0.2, 0) is 11.2 Å². The van der Waals surface area contributed by atoms with Crippen LogP contribution in [0.2, 0.25) is 0 Å². The Morgan fingerprint density at radius 1 is 1.42 bits per heavy atom. The summed E-state index contributed by atoms with van der Waals surface area (Å²) in [5, 5.41) is 2.42. The van der Waals surface area contributed by atoms with E-state index >= 15 is 0 Å². The Morgan fingerprint density at radius 3 is 2.89 bits per heavy atom. The van der Waals surface area contributed by atoms with Gasteiger partial charge in [-0.3, -0.25) is 9.69 Å². The minimum Gasteiger partial charge on any atom is -0.375 e. The summed E-state index contributed by atoms with van der Waals surface area (Å²) in [6.07, 6.45) is 4.12. The van der Waals surface area contributed by atoms with Crippen LogP contribution in [0.25, 0.3) is 0 Å². The van der Waals surface area contributed by atoms with Crippen molar-refractivity contribution >= 4 is 22.4 Å². The number of carbonyl (C=O) groups is 1. The molecule has 2 N–H and O–H groups in total. The molecule has 6 heteroatoms. The van der Waals surface area contributed by atoms with Gasteiger partial charge in [-0.1, -0.05) is 0 Å². The van der Waals surface area contributed by atoms with E-state index in [0.717, 1.165) is 25.2 Å². The highest BCUT2D eigenvalue weighted by molar-refractivity contribution is 7.13. The lowest BCUT2D eigenvalue weighted by atomic mass is 10.2. The number of rotatable bonds is 3. The monoisotopic (exact) mass is 280 g/mol. The normalized spacial score (nSPS) is 24.2. The van der Waals surface area contributed by atoms with Crippen LogP contribution in [0.1, 0.15) is 25.0 Å². The smallest absolute Gasteiger partial charge is 0.228 e. The van der Waals surface area contributed by atoms with Crippen LogP contribution in [0.15, 0.2) is 5.38 Å². The lowest BCUT2D eigenvalue weighted by Gasteiger charge is -2.23. The van der Waals surface area contributed by atoms with E-state index in [2.05, 4.69) is 9.88 Å². The predicted octanol–water partition coefficient (Wildman–Crippen LogP) is 0.964. The van der Waals surface area contributed by atoms with Crippen molar-refractivity contribution in [3.63, 3.8) is 0 Å². The molecular formula is C13H20N4OS.